The topological polar surface area (TPSA) is 67.9 Å². The van der Waals surface area contributed by atoms with Crippen LogP contribution in [0.1, 0.15) is 26.3 Å². The van der Waals surface area contributed by atoms with Crippen molar-refractivity contribution in [1.29, 1.82) is 0 Å². The molecule has 0 radical (unpaired) electrons. The largest absolute Gasteiger partial charge is 0.489 e. The fourth-order valence-corrected chi connectivity index (χ4v) is 2.68. The molecule has 27 heavy (non-hydrogen) atoms. The van der Waals surface area contributed by atoms with Crippen LogP contribution in [0.3, 0.4) is 0 Å². The number of hydrogen-bond acceptors (Lipinski definition) is 4. The summed E-state index contributed by atoms with van der Waals surface area (Å²) in [6.45, 7) is 6.25. The van der Waals surface area contributed by atoms with Crippen LogP contribution in [0.25, 0.3) is 0 Å². The van der Waals surface area contributed by atoms with Crippen molar-refractivity contribution in [2.45, 2.75) is 39.0 Å². The molecule has 1 heterocycles. The molecule has 2 aromatic carbocycles. The number of carbonyl (C=O) groups is 2. The molecule has 1 fully saturated rings. The van der Waals surface area contributed by atoms with Gasteiger partial charge in [0.05, 0.1) is 6.54 Å². The number of anilines is 1. The van der Waals surface area contributed by atoms with Gasteiger partial charge in [0, 0.05) is 5.69 Å². The maximum atomic E-state index is 12.3. The van der Waals surface area contributed by atoms with Crippen LogP contribution in [0.4, 0.5) is 10.5 Å². The molecule has 2 amide bonds. The second-order valence-corrected chi connectivity index (χ2v) is 7.42. The number of nitrogens with one attached hydrogen (secondary N) is 1. The third-order valence-electron chi connectivity index (χ3n) is 4.02. The van der Waals surface area contributed by atoms with E-state index in [0.717, 1.165) is 17.0 Å². The van der Waals surface area contributed by atoms with Gasteiger partial charge in [0.2, 0.25) is 0 Å². The maximum absolute atomic E-state index is 12.3. The molecule has 1 atom stereocenters. The van der Waals surface area contributed by atoms with Gasteiger partial charge in [-0.1, -0.05) is 30.3 Å². The van der Waals surface area contributed by atoms with Crippen LogP contribution in [0, 0.1) is 0 Å². The Kier molecular flexibility index (Phi) is 5.35. The number of benzene rings is 2. The van der Waals surface area contributed by atoms with Crippen molar-refractivity contribution >= 4 is 17.7 Å². The van der Waals surface area contributed by atoms with Crippen molar-refractivity contribution in [3.63, 3.8) is 0 Å². The zero-order valence-corrected chi connectivity index (χ0v) is 15.8. The molecule has 3 rings (SSSR count). The third-order valence-corrected chi connectivity index (χ3v) is 4.02. The minimum Gasteiger partial charge on any atom is -0.489 e. The van der Waals surface area contributed by atoms with Gasteiger partial charge in [0.25, 0.3) is 5.91 Å². The van der Waals surface area contributed by atoms with E-state index in [4.69, 9.17) is 9.47 Å². The Morgan fingerprint density at radius 1 is 1.11 bits per heavy atom. The molecule has 0 spiro atoms. The number of alkyl carbamates (subject to hydrolysis) is 1. The van der Waals surface area contributed by atoms with E-state index in [9.17, 15) is 9.59 Å². The van der Waals surface area contributed by atoms with Gasteiger partial charge in [0.15, 0.2) is 0 Å². The SMILES string of the molecule is CC(C)(C)OC(=O)NC1CN(c2ccc(OCc3ccccc3)cc2)C1=O. The number of hydrogen-bond donors (Lipinski definition) is 1. The Balaban J connectivity index is 1.50. The Hall–Kier alpha value is -3.02. The number of rotatable bonds is 5. The highest BCUT2D eigenvalue weighted by Gasteiger charge is 2.39. The van der Waals surface area contributed by atoms with Crippen molar-refractivity contribution < 1.29 is 19.1 Å². The summed E-state index contributed by atoms with van der Waals surface area (Å²) >= 11 is 0. The fraction of sp³-hybridized carbons (Fsp3) is 0.333. The number of amides is 2. The van der Waals surface area contributed by atoms with Crippen LogP contribution in [0.2, 0.25) is 0 Å². The second kappa shape index (κ2) is 7.70. The molecule has 1 N–H and O–H groups in total. The van der Waals surface area contributed by atoms with Gasteiger partial charge in [-0.2, -0.15) is 0 Å². The first kappa shape index (κ1) is 18.8. The molecule has 1 saturated heterocycles. The van der Waals surface area contributed by atoms with Crippen molar-refractivity contribution in [3.8, 4) is 5.75 Å². The number of β-lactam (4-membered cyclic amide) rings is 1. The predicted molar refractivity (Wildman–Crippen MR) is 103 cm³/mol. The summed E-state index contributed by atoms with van der Waals surface area (Å²) < 4.78 is 10.9. The highest BCUT2D eigenvalue weighted by Crippen LogP contribution is 2.25. The molecule has 0 bridgehead atoms. The minimum absolute atomic E-state index is 0.154. The molecule has 1 aliphatic heterocycles. The molecule has 0 saturated carbocycles. The van der Waals surface area contributed by atoms with Gasteiger partial charge in [-0.3, -0.25) is 4.79 Å². The summed E-state index contributed by atoms with van der Waals surface area (Å²) in [5.74, 6) is 0.581. The lowest BCUT2D eigenvalue weighted by Crippen LogP contribution is -2.64. The highest BCUT2D eigenvalue weighted by molar-refractivity contribution is 6.05. The van der Waals surface area contributed by atoms with E-state index in [-0.39, 0.29) is 5.91 Å². The molecule has 6 heteroatoms. The molecule has 142 valence electrons. The quantitative estimate of drug-likeness (QED) is 0.820. The highest BCUT2D eigenvalue weighted by atomic mass is 16.6. The average molecular weight is 368 g/mol. The van der Waals surface area contributed by atoms with Crippen LogP contribution < -0.4 is 15.0 Å². The molecule has 1 aliphatic rings. The summed E-state index contributed by atoms with van der Waals surface area (Å²) in [6, 6.07) is 16.7. The smallest absolute Gasteiger partial charge is 0.408 e. The van der Waals surface area contributed by atoms with Crippen molar-refractivity contribution in [2.24, 2.45) is 0 Å². The second-order valence-electron chi connectivity index (χ2n) is 7.42. The maximum Gasteiger partial charge on any atom is 0.408 e. The van der Waals surface area contributed by atoms with Crippen LogP contribution >= 0.6 is 0 Å². The molecular formula is C21H24N2O4. The Morgan fingerprint density at radius 2 is 1.78 bits per heavy atom. The zero-order chi connectivity index (χ0) is 19.4. The Labute approximate surface area is 159 Å². The van der Waals surface area contributed by atoms with E-state index in [0.29, 0.717) is 13.2 Å². The monoisotopic (exact) mass is 368 g/mol. The minimum atomic E-state index is -0.591. The van der Waals surface area contributed by atoms with Crippen molar-refractivity contribution in [1.82, 2.24) is 5.32 Å². The first-order chi connectivity index (χ1) is 12.8. The van der Waals surface area contributed by atoms with Crippen molar-refractivity contribution in [2.75, 3.05) is 11.4 Å². The average Bonchev–Trinajstić information content (AvgIpc) is 2.63. The molecule has 1 unspecified atom stereocenters. The molecular weight excluding hydrogens is 344 g/mol. The van der Waals surface area contributed by atoms with Crippen molar-refractivity contribution in [3.05, 3.63) is 60.2 Å². The van der Waals surface area contributed by atoms with E-state index >= 15 is 0 Å². The lowest BCUT2D eigenvalue weighted by molar-refractivity contribution is -0.124. The van der Waals surface area contributed by atoms with E-state index < -0.39 is 17.7 Å². The van der Waals surface area contributed by atoms with Gasteiger partial charge < -0.3 is 19.7 Å². The summed E-state index contributed by atoms with van der Waals surface area (Å²) in [6.07, 6.45) is -0.579. The Morgan fingerprint density at radius 3 is 2.37 bits per heavy atom. The first-order valence-electron chi connectivity index (χ1n) is 8.89. The van der Waals surface area contributed by atoms with Gasteiger partial charge in [-0.05, 0) is 50.6 Å². The zero-order valence-electron chi connectivity index (χ0n) is 15.8. The number of carbonyl (C=O) groups excluding carboxylic acids is 2. The summed E-state index contributed by atoms with van der Waals surface area (Å²) in [4.78, 5) is 25.7. The van der Waals surface area contributed by atoms with Gasteiger partial charge in [-0.15, -0.1) is 0 Å². The molecule has 0 aromatic heterocycles. The van der Waals surface area contributed by atoms with Gasteiger partial charge >= 0.3 is 6.09 Å². The third kappa shape index (κ3) is 5.00. The number of ether oxygens (including phenoxy) is 2. The van der Waals surface area contributed by atoms with Crippen LogP contribution in [0.5, 0.6) is 5.75 Å². The molecule has 6 nitrogen and oxygen atoms in total. The van der Waals surface area contributed by atoms with Gasteiger partial charge in [0.1, 0.15) is 24.0 Å². The van der Waals surface area contributed by atoms with E-state index in [1.165, 1.54) is 0 Å². The first-order valence-corrected chi connectivity index (χ1v) is 8.89. The Bertz CT molecular complexity index is 797. The van der Waals surface area contributed by atoms with E-state index in [1.807, 2.05) is 54.6 Å². The fourth-order valence-electron chi connectivity index (χ4n) is 2.68. The van der Waals surface area contributed by atoms with Gasteiger partial charge in [-0.25, -0.2) is 4.79 Å². The lowest BCUT2D eigenvalue weighted by atomic mass is 10.1. The van der Waals surface area contributed by atoms with Crippen LogP contribution in [0.15, 0.2) is 54.6 Å². The predicted octanol–water partition coefficient (Wildman–Crippen LogP) is 3.51. The van der Waals surface area contributed by atoms with Crippen LogP contribution in [-0.4, -0.2) is 30.2 Å². The van der Waals surface area contributed by atoms with Crippen LogP contribution in [-0.2, 0) is 16.1 Å². The lowest BCUT2D eigenvalue weighted by Gasteiger charge is -2.38. The summed E-state index contributed by atoms with van der Waals surface area (Å²) in [5, 5.41) is 2.60. The standard InChI is InChI=1S/C21H24N2O4/c1-21(2,3)27-20(25)22-18-13-23(19(18)24)16-9-11-17(12-10-16)26-14-15-7-5-4-6-8-15/h4-12,18H,13-14H2,1-3H3,(H,22,25). The summed E-state index contributed by atoms with van der Waals surface area (Å²) in [7, 11) is 0. The van der Waals surface area contributed by atoms with E-state index in [2.05, 4.69) is 5.32 Å². The summed E-state index contributed by atoms with van der Waals surface area (Å²) in [5.41, 5.74) is 1.27. The molecule has 0 aliphatic carbocycles. The van der Waals surface area contributed by atoms with E-state index in [1.54, 1.807) is 25.7 Å². The molecule has 2 aromatic rings. The normalized spacial score (nSPS) is 16.5. The number of nitrogens with zero attached hydrogens (tertiary/aromatic N) is 1.